The van der Waals surface area contributed by atoms with Crippen molar-refractivity contribution >= 4 is 21.4 Å². The zero-order chi connectivity index (χ0) is 14.6. The van der Waals surface area contributed by atoms with Gasteiger partial charge in [-0.15, -0.1) is 11.3 Å². The van der Waals surface area contributed by atoms with Crippen molar-refractivity contribution in [3.63, 3.8) is 0 Å². The van der Waals surface area contributed by atoms with E-state index in [-0.39, 0.29) is 11.4 Å². The lowest BCUT2D eigenvalue weighted by atomic mass is 10.1. The lowest BCUT2D eigenvalue weighted by molar-refractivity contribution is 0.581. The molecule has 0 unspecified atom stereocenters. The number of aromatic nitrogens is 1. The molecule has 1 aromatic carbocycles. The Bertz CT molecular complexity index is 667. The molecule has 0 aliphatic heterocycles. The van der Waals surface area contributed by atoms with Crippen LogP contribution in [-0.2, 0) is 29.5 Å². The van der Waals surface area contributed by atoms with Gasteiger partial charge in [0.15, 0.2) is 0 Å². The molecule has 0 aliphatic rings. The highest BCUT2D eigenvalue weighted by Crippen LogP contribution is 2.17. The maximum Gasteiger partial charge on any atom is 0.240 e. The first kappa shape index (κ1) is 15.1. The Hall–Kier alpha value is -1.28. The fourth-order valence-corrected chi connectivity index (χ4v) is 3.57. The molecule has 1 heterocycles. The van der Waals surface area contributed by atoms with Gasteiger partial charge in [-0.25, -0.2) is 18.1 Å². The summed E-state index contributed by atoms with van der Waals surface area (Å²) in [5.41, 5.74) is 7.61. The maximum atomic E-state index is 12.2. The number of benzene rings is 1. The van der Waals surface area contributed by atoms with Crippen molar-refractivity contribution in [2.75, 3.05) is 0 Å². The van der Waals surface area contributed by atoms with Crippen LogP contribution in [0.25, 0.3) is 0 Å². The average Bonchev–Trinajstić information content (AvgIpc) is 2.97. The van der Waals surface area contributed by atoms with E-state index in [1.54, 1.807) is 18.3 Å². The first-order valence-electron chi connectivity index (χ1n) is 6.26. The van der Waals surface area contributed by atoms with Gasteiger partial charge in [0.05, 0.1) is 11.4 Å². The minimum Gasteiger partial charge on any atom is -0.326 e. The Kier molecular flexibility index (Phi) is 4.87. The van der Waals surface area contributed by atoms with Crippen LogP contribution in [0.2, 0.25) is 0 Å². The summed E-state index contributed by atoms with van der Waals surface area (Å²) in [5.74, 6) is 0. The van der Waals surface area contributed by atoms with Crippen molar-refractivity contribution in [1.29, 1.82) is 0 Å². The minimum absolute atomic E-state index is 0.202. The van der Waals surface area contributed by atoms with Crippen molar-refractivity contribution in [2.45, 2.75) is 31.3 Å². The van der Waals surface area contributed by atoms with Crippen molar-refractivity contribution in [2.24, 2.45) is 5.73 Å². The second-order valence-electron chi connectivity index (χ2n) is 4.24. The molecule has 0 saturated heterocycles. The summed E-state index contributed by atoms with van der Waals surface area (Å²) >= 11 is 1.41. The molecule has 5 nitrogen and oxygen atoms in total. The SMILES string of the molecule is CCc1ccc(S(=O)(=O)NCc2nccs2)cc1CN. The van der Waals surface area contributed by atoms with Gasteiger partial charge < -0.3 is 5.73 Å². The molecule has 2 rings (SSSR count). The van der Waals surface area contributed by atoms with Crippen LogP contribution >= 0.6 is 11.3 Å². The van der Waals surface area contributed by atoms with Crippen LogP contribution in [-0.4, -0.2) is 13.4 Å². The average molecular weight is 311 g/mol. The quantitative estimate of drug-likeness (QED) is 0.849. The Balaban J connectivity index is 2.20. The summed E-state index contributed by atoms with van der Waals surface area (Å²) in [6.07, 6.45) is 2.48. The Labute approximate surface area is 122 Å². The Morgan fingerprint density at radius 1 is 1.35 bits per heavy atom. The number of nitrogens with one attached hydrogen (secondary N) is 1. The fraction of sp³-hybridized carbons (Fsp3) is 0.308. The lowest BCUT2D eigenvalue weighted by Crippen LogP contribution is -2.23. The Morgan fingerprint density at radius 2 is 2.15 bits per heavy atom. The van der Waals surface area contributed by atoms with Crippen molar-refractivity contribution in [3.8, 4) is 0 Å². The van der Waals surface area contributed by atoms with E-state index < -0.39 is 10.0 Å². The largest absolute Gasteiger partial charge is 0.326 e. The van der Waals surface area contributed by atoms with Crippen LogP contribution in [0.4, 0.5) is 0 Å². The van der Waals surface area contributed by atoms with E-state index >= 15 is 0 Å². The number of rotatable bonds is 6. The third-order valence-electron chi connectivity index (χ3n) is 2.99. The molecule has 0 radical (unpaired) electrons. The molecule has 20 heavy (non-hydrogen) atoms. The van der Waals surface area contributed by atoms with E-state index in [0.29, 0.717) is 6.54 Å². The number of hydrogen-bond donors (Lipinski definition) is 2. The number of aryl methyl sites for hydroxylation is 1. The highest BCUT2D eigenvalue weighted by atomic mass is 32.2. The van der Waals surface area contributed by atoms with Gasteiger partial charge in [-0.1, -0.05) is 13.0 Å². The number of hydrogen-bond acceptors (Lipinski definition) is 5. The standard InChI is InChI=1S/C13H17N3O2S2/c1-2-10-3-4-12(7-11(10)8-14)20(17,18)16-9-13-15-5-6-19-13/h3-7,16H,2,8-9,14H2,1H3. The van der Waals surface area contributed by atoms with Crippen LogP contribution in [0.3, 0.4) is 0 Å². The van der Waals surface area contributed by atoms with E-state index in [1.807, 2.05) is 18.4 Å². The molecule has 0 fully saturated rings. The summed E-state index contributed by atoms with van der Waals surface area (Å²) in [4.78, 5) is 4.29. The first-order valence-corrected chi connectivity index (χ1v) is 8.63. The number of thiazole rings is 1. The minimum atomic E-state index is -3.53. The van der Waals surface area contributed by atoms with Gasteiger partial charge in [0.25, 0.3) is 0 Å². The van der Waals surface area contributed by atoms with E-state index in [9.17, 15) is 8.42 Å². The van der Waals surface area contributed by atoms with Gasteiger partial charge in [-0.05, 0) is 29.7 Å². The molecule has 1 aromatic heterocycles. The summed E-state index contributed by atoms with van der Waals surface area (Å²) < 4.78 is 27.0. The third-order valence-corrected chi connectivity index (χ3v) is 5.16. The molecule has 0 amide bonds. The number of sulfonamides is 1. The molecule has 0 spiro atoms. The highest BCUT2D eigenvalue weighted by Gasteiger charge is 2.15. The van der Waals surface area contributed by atoms with Gasteiger partial charge in [-0.3, -0.25) is 0 Å². The van der Waals surface area contributed by atoms with Gasteiger partial charge in [0.2, 0.25) is 10.0 Å². The Morgan fingerprint density at radius 3 is 2.75 bits per heavy atom. The monoisotopic (exact) mass is 311 g/mol. The van der Waals surface area contributed by atoms with Gasteiger partial charge in [-0.2, -0.15) is 0 Å². The second-order valence-corrected chi connectivity index (χ2v) is 6.98. The third kappa shape index (κ3) is 3.43. The summed E-state index contributed by atoms with van der Waals surface area (Å²) in [6, 6.07) is 5.07. The lowest BCUT2D eigenvalue weighted by Gasteiger charge is -2.10. The van der Waals surface area contributed by atoms with E-state index in [0.717, 1.165) is 22.6 Å². The van der Waals surface area contributed by atoms with Crippen LogP contribution in [0.1, 0.15) is 23.1 Å². The van der Waals surface area contributed by atoms with E-state index in [4.69, 9.17) is 5.73 Å². The van der Waals surface area contributed by atoms with Crippen molar-refractivity contribution in [1.82, 2.24) is 9.71 Å². The molecule has 0 bridgehead atoms. The molecule has 2 aromatic rings. The first-order chi connectivity index (χ1) is 9.56. The topological polar surface area (TPSA) is 85.1 Å². The predicted molar refractivity (Wildman–Crippen MR) is 79.9 cm³/mol. The molecule has 0 aliphatic carbocycles. The molecule has 108 valence electrons. The molecule has 0 atom stereocenters. The zero-order valence-electron chi connectivity index (χ0n) is 11.2. The van der Waals surface area contributed by atoms with Crippen LogP contribution in [0.5, 0.6) is 0 Å². The van der Waals surface area contributed by atoms with Gasteiger partial charge in [0, 0.05) is 18.1 Å². The molecule has 3 N–H and O–H groups in total. The molecule has 7 heteroatoms. The molecular formula is C13H17N3O2S2. The molecular weight excluding hydrogens is 294 g/mol. The zero-order valence-corrected chi connectivity index (χ0v) is 12.8. The van der Waals surface area contributed by atoms with E-state index in [2.05, 4.69) is 9.71 Å². The van der Waals surface area contributed by atoms with Gasteiger partial charge in [0.1, 0.15) is 5.01 Å². The smallest absolute Gasteiger partial charge is 0.240 e. The second kappa shape index (κ2) is 6.45. The number of nitrogens with zero attached hydrogens (tertiary/aromatic N) is 1. The van der Waals surface area contributed by atoms with E-state index in [1.165, 1.54) is 11.3 Å². The van der Waals surface area contributed by atoms with Gasteiger partial charge >= 0.3 is 0 Å². The van der Waals surface area contributed by atoms with Crippen molar-refractivity contribution in [3.05, 3.63) is 45.9 Å². The molecule has 0 saturated carbocycles. The van der Waals surface area contributed by atoms with Crippen LogP contribution < -0.4 is 10.5 Å². The highest BCUT2D eigenvalue weighted by molar-refractivity contribution is 7.89. The fourth-order valence-electron chi connectivity index (χ4n) is 1.88. The predicted octanol–water partition coefficient (Wildman–Crippen LogP) is 1.64. The summed E-state index contributed by atoms with van der Waals surface area (Å²) in [5, 5.41) is 2.55. The summed E-state index contributed by atoms with van der Waals surface area (Å²) in [7, 11) is -3.53. The normalized spacial score (nSPS) is 11.7. The maximum absolute atomic E-state index is 12.2. The number of nitrogens with two attached hydrogens (primary N) is 1. The van der Waals surface area contributed by atoms with Crippen LogP contribution in [0.15, 0.2) is 34.7 Å². The van der Waals surface area contributed by atoms with Crippen molar-refractivity contribution < 1.29 is 8.42 Å². The van der Waals surface area contributed by atoms with Crippen LogP contribution in [0, 0.1) is 0 Å². The summed E-state index contributed by atoms with van der Waals surface area (Å²) in [6.45, 7) is 2.55.